The Labute approximate surface area is 124 Å². The van der Waals surface area contributed by atoms with Crippen LogP contribution in [0.5, 0.6) is 5.75 Å². The van der Waals surface area contributed by atoms with Crippen LogP contribution >= 0.6 is 24.0 Å². The summed E-state index contributed by atoms with van der Waals surface area (Å²) in [7, 11) is 1.67. The fraction of sp³-hybridized carbons (Fsp3) is 0.500. The zero-order valence-corrected chi connectivity index (χ0v) is 12.9. The van der Waals surface area contributed by atoms with E-state index in [2.05, 4.69) is 11.6 Å². The Kier molecular flexibility index (Phi) is 4.93. The third-order valence-electron chi connectivity index (χ3n) is 3.57. The molecule has 1 aliphatic rings. The van der Waals surface area contributed by atoms with Gasteiger partial charge in [-0.1, -0.05) is 12.2 Å². The van der Waals surface area contributed by atoms with Gasteiger partial charge in [0, 0.05) is 28.6 Å². The average molecular weight is 296 g/mol. The molecular weight excluding hydrogens is 276 g/mol. The molecule has 3 nitrogen and oxygen atoms in total. The summed E-state index contributed by atoms with van der Waals surface area (Å²) < 4.78 is 5.27. The van der Waals surface area contributed by atoms with Crippen LogP contribution in [0.3, 0.4) is 0 Å². The summed E-state index contributed by atoms with van der Waals surface area (Å²) in [6.07, 6.45) is 5.83. The van der Waals surface area contributed by atoms with Crippen LogP contribution in [0.2, 0.25) is 0 Å². The number of hydrogen-bond donors (Lipinski definition) is 2. The molecule has 1 aromatic rings. The number of hydrogen-bond acceptors (Lipinski definition) is 4. The highest BCUT2D eigenvalue weighted by molar-refractivity contribution is 7.99. The van der Waals surface area contributed by atoms with E-state index < -0.39 is 0 Å². The molecule has 2 rings (SSSR count). The normalized spacial score (nSPS) is 22.2. The SMILES string of the molecule is COc1ccc(C(N)=S)c(NC2CCC(SC)C2)c1. The minimum Gasteiger partial charge on any atom is -0.497 e. The maximum atomic E-state index is 5.78. The first-order valence-corrected chi connectivity index (χ1v) is 8.10. The lowest BCUT2D eigenvalue weighted by Crippen LogP contribution is -2.20. The second kappa shape index (κ2) is 6.48. The standard InChI is InChI=1S/C14H20N2OS2/c1-17-10-4-6-12(14(15)18)13(8-10)16-9-3-5-11(7-9)19-2/h4,6,8-9,11,16H,3,5,7H2,1-2H3,(H2,15,18). The molecule has 1 saturated carbocycles. The van der Waals surface area contributed by atoms with Crippen molar-refractivity contribution in [1.29, 1.82) is 0 Å². The first kappa shape index (κ1) is 14.5. The number of thioether (sulfide) groups is 1. The van der Waals surface area contributed by atoms with Crippen LogP contribution < -0.4 is 15.8 Å². The monoisotopic (exact) mass is 296 g/mol. The zero-order chi connectivity index (χ0) is 13.8. The minimum absolute atomic E-state index is 0.421. The third-order valence-corrected chi connectivity index (χ3v) is 4.88. The molecule has 1 aliphatic carbocycles. The Balaban J connectivity index is 2.16. The third kappa shape index (κ3) is 3.54. The van der Waals surface area contributed by atoms with Gasteiger partial charge in [-0.3, -0.25) is 0 Å². The van der Waals surface area contributed by atoms with Gasteiger partial charge in [0.1, 0.15) is 10.7 Å². The van der Waals surface area contributed by atoms with Crippen molar-refractivity contribution in [2.75, 3.05) is 18.7 Å². The van der Waals surface area contributed by atoms with Crippen molar-refractivity contribution in [3.63, 3.8) is 0 Å². The van der Waals surface area contributed by atoms with Crippen molar-refractivity contribution in [2.45, 2.75) is 30.6 Å². The van der Waals surface area contributed by atoms with E-state index in [0.29, 0.717) is 11.0 Å². The predicted octanol–water partition coefficient (Wildman–Crippen LogP) is 3.03. The van der Waals surface area contributed by atoms with E-state index in [1.165, 1.54) is 19.3 Å². The van der Waals surface area contributed by atoms with Crippen molar-refractivity contribution in [3.8, 4) is 5.75 Å². The molecule has 0 heterocycles. The van der Waals surface area contributed by atoms with Crippen LogP contribution in [0.15, 0.2) is 18.2 Å². The van der Waals surface area contributed by atoms with E-state index in [-0.39, 0.29) is 0 Å². The molecule has 5 heteroatoms. The molecular formula is C14H20N2OS2. The van der Waals surface area contributed by atoms with Crippen molar-refractivity contribution < 1.29 is 4.74 Å². The molecule has 1 fully saturated rings. The Morgan fingerprint density at radius 1 is 1.47 bits per heavy atom. The number of anilines is 1. The van der Waals surface area contributed by atoms with Crippen LogP contribution in [0.25, 0.3) is 0 Å². The average Bonchev–Trinajstić information content (AvgIpc) is 2.86. The Hall–Kier alpha value is -0.940. The first-order chi connectivity index (χ1) is 9.13. The van der Waals surface area contributed by atoms with Crippen molar-refractivity contribution in [2.24, 2.45) is 5.73 Å². The summed E-state index contributed by atoms with van der Waals surface area (Å²) in [5.74, 6) is 0.821. The number of rotatable bonds is 5. The molecule has 0 saturated heterocycles. The maximum Gasteiger partial charge on any atom is 0.120 e. The number of thiocarbonyl (C=S) groups is 1. The van der Waals surface area contributed by atoms with Crippen molar-refractivity contribution >= 4 is 34.7 Å². The maximum absolute atomic E-state index is 5.78. The van der Waals surface area contributed by atoms with Crippen LogP contribution in [-0.4, -0.2) is 29.6 Å². The van der Waals surface area contributed by atoms with Crippen LogP contribution in [0, 0.1) is 0 Å². The van der Waals surface area contributed by atoms with Gasteiger partial charge in [0.25, 0.3) is 0 Å². The van der Waals surface area contributed by atoms with Gasteiger partial charge in [-0.2, -0.15) is 11.8 Å². The summed E-state index contributed by atoms with van der Waals surface area (Å²) in [4.78, 5) is 0.421. The van der Waals surface area contributed by atoms with Gasteiger partial charge >= 0.3 is 0 Å². The molecule has 2 atom stereocenters. The molecule has 0 bridgehead atoms. The molecule has 0 radical (unpaired) electrons. The van der Waals surface area contributed by atoms with Crippen LogP contribution in [-0.2, 0) is 0 Å². The van der Waals surface area contributed by atoms with E-state index in [1.807, 2.05) is 30.0 Å². The molecule has 2 unspecified atom stereocenters. The minimum atomic E-state index is 0.421. The van der Waals surface area contributed by atoms with Crippen molar-refractivity contribution in [1.82, 2.24) is 0 Å². The summed E-state index contributed by atoms with van der Waals surface area (Å²) in [6, 6.07) is 6.28. The van der Waals surface area contributed by atoms with Crippen LogP contribution in [0.4, 0.5) is 5.69 Å². The van der Waals surface area contributed by atoms with E-state index in [1.54, 1.807) is 7.11 Å². The topological polar surface area (TPSA) is 47.3 Å². The number of benzene rings is 1. The summed E-state index contributed by atoms with van der Waals surface area (Å²) in [6.45, 7) is 0. The highest BCUT2D eigenvalue weighted by atomic mass is 32.2. The number of nitrogens with two attached hydrogens (primary N) is 1. The quantitative estimate of drug-likeness (QED) is 0.818. The van der Waals surface area contributed by atoms with Gasteiger partial charge in [0.05, 0.1) is 7.11 Å². The first-order valence-electron chi connectivity index (χ1n) is 6.41. The molecule has 3 N–H and O–H groups in total. The fourth-order valence-corrected chi connectivity index (χ4v) is 3.46. The second-order valence-electron chi connectivity index (χ2n) is 4.79. The number of methoxy groups -OCH3 is 1. The summed E-state index contributed by atoms with van der Waals surface area (Å²) in [5, 5.41) is 4.33. The molecule has 1 aromatic carbocycles. The molecule has 104 valence electrons. The number of ether oxygens (including phenoxy) is 1. The molecule has 0 spiro atoms. The zero-order valence-electron chi connectivity index (χ0n) is 11.3. The van der Waals surface area contributed by atoms with Gasteiger partial charge in [-0.25, -0.2) is 0 Å². The molecule has 0 aromatic heterocycles. The molecule has 0 amide bonds. The van der Waals surface area contributed by atoms with E-state index in [0.717, 1.165) is 22.3 Å². The second-order valence-corrected chi connectivity index (χ2v) is 6.37. The Bertz CT molecular complexity index is 465. The molecule has 0 aliphatic heterocycles. The van der Waals surface area contributed by atoms with Gasteiger partial charge in [-0.05, 0) is 37.7 Å². The van der Waals surface area contributed by atoms with Gasteiger partial charge in [-0.15, -0.1) is 0 Å². The lowest BCUT2D eigenvalue weighted by Gasteiger charge is -2.18. The largest absolute Gasteiger partial charge is 0.497 e. The lowest BCUT2D eigenvalue weighted by atomic mass is 10.1. The van der Waals surface area contributed by atoms with E-state index in [4.69, 9.17) is 22.7 Å². The smallest absolute Gasteiger partial charge is 0.120 e. The molecule has 19 heavy (non-hydrogen) atoms. The Morgan fingerprint density at radius 2 is 2.26 bits per heavy atom. The van der Waals surface area contributed by atoms with Gasteiger partial charge in [0.2, 0.25) is 0 Å². The summed E-state index contributed by atoms with van der Waals surface area (Å²) in [5.41, 5.74) is 7.66. The predicted molar refractivity (Wildman–Crippen MR) is 87.4 cm³/mol. The number of nitrogens with one attached hydrogen (secondary N) is 1. The summed E-state index contributed by atoms with van der Waals surface area (Å²) >= 11 is 7.06. The highest BCUT2D eigenvalue weighted by Gasteiger charge is 2.24. The van der Waals surface area contributed by atoms with Crippen LogP contribution in [0.1, 0.15) is 24.8 Å². The Morgan fingerprint density at radius 3 is 2.84 bits per heavy atom. The van der Waals surface area contributed by atoms with E-state index in [9.17, 15) is 0 Å². The van der Waals surface area contributed by atoms with Crippen molar-refractivity contribution in [3.05, 3.63) is 23.8 Å². The van der Waals surface area contributed by atoms with Gasteiger partial charge in [0.15, 0.2) is 0 Å². The van der Waals surface area contributed by atoms with Gasteiger partial charge < -0.3 is 15.8 Å². The lowest BCUT2D eigenvalue weighted by molar-refractivity contribution is 0.415. The van der Waals surface area contributed by atoms with E-state index >= 15 is 0 Å². The highest BCUT2D eigenvalue weighted by Crippen LogP contribution is 2.32. The fourth-order valence-electron chi connectivity index (χ4n) is 2.49.